The van der Waals surface area contributed by atoms with Gasteiger partial charge >= 0.3 is 0 Å². The molecule has 140 valence electrons. The number of benzene rings is 1. The van der Waals surface area contributed by atoms with Crippen LogP contribution in [0.5, 0.6) is 0 Å². The number of nitrogens with two attached hydrogens (primary N) is 1. The fourth-order valence-corrected chi connectivity index (χ4v) is 3.98. The van der Waals surface area contributed by atoms with E-state index in [2.05, 4.69) is 32.6 Å². The van der Waals surface area contributed by atoms with Gasteiger partial charge < -0.3 is 19.9 Å². The van der Waals surface area contributed by atoms with Crippen molar-refractivity contribution in [1.29, 1.82) is 0 Å². The van der Waals surface area contributed by atoms with E-state index in [0.29, 0.717) is 23.4 Å². The van der Waals surface area contributed by atoms with E-state index in [-0.39, 0.29) is 5.69 Å². The van der Waals surface area contributed by atoms with Crippen molar-refractivity contribution in [3.05, 3.63) is 58.7 Å². The van der Waals surface area contributed by atoms with Gasteiger partial charge in [-0.05, 0) is 43.4 Å². The van der Waals surface area contributed by atoms with E-state index in [1.807, 2.05) is 12.1 Å². The molecule has 1 saturated carbocycles. The number of carbonyl (C=O) groups excluding carboxylic acids is 1. The molecular formula is C21H18N4O3. The maximum Gasteiger partial charge on any atom is 0.268 e. The molecule has 3 N–H and O–H groups in total. The average molecular weight is 374 g/mol. The molecule has 2 bridgehead atoms. The highest BCUT2D eigenvalue weighted by atomic mass is 16.5. The van der Waals surface area contributed by atoms with E-state index < -0.39 is 12.0 Å². The van der Waals surface area contributed by atoms with Gasteiger partial charge in [0, 0.05) is 29.4 Å². The molecule has 0 spiro atoms. The molecule has 2 aliphatic heterocycles. The first-order valence-electron chi connectivity index (χ1n) is 9.15. The van der Waals surface area contributed by atoms with Gasteiger partial charge in [-0.1, -0.05) is 23.1 Å². The Morgan fingerprint density at radius 1 is 1.39 bits per heavy atom. The third-order valence-electron chi connectivity index (χ3n) is 5.50. The number of imidazole rings is 1. The first-order valence-corrected chi connectivity index (χ1v) is 9.15. The smallest absolute Gasteiger partial charge is 0.268 e. The normalized spacial score (nSPS) is 20.1. The number of hydrogen-bond acceptors (Lipinski definition) is 5. The number of carbonyl (C=O) groups is 1. The molecule has 1 amide bonds. The third kappa shape index (κ3) is 2.62. The maximum atomic E-state index is 11.6. The standard InChI is InChI=1S/C21H18N4O3/c1-11-6-17(24-28-11)19(26)5-3-12-2-4-15-13-8-14(9-13)25-10-18(20(22)27)23-21(25)16(15)7-12/h2,4,6-7,10,13-14,19,26H,8-9H2,1H3,(H2,22,27). The van der Waals surface area contributed by atoms with Crippen LogP contribution in [0.1, 0.15) is 64.0 Å². The number of hydrogen-bond donors (Lipinski definition) is 2. The summed E-state index contributed by atoms with van der Waals surface area (Å²) in [4.78, 5) is 16.1. The molecule has 4 heterocycles. The lowest BCUT2D eigenvalue weighted by molar-refractivity contribution is 0.0995. The average Bonchev–Trinajstić information content (AvgIpc) is 3.21. The monoisotopic (exact) mass is 374 g/mol. The fourth-order valence-electron chi connectivity index (χ4n) is 3.98. The zero-order valence-corrected chi connectivity index (χ0v) is 15.2. The summed E-state index contributed by atoms with van der Waals surface area (Å²) in [5.74, 6) is 7.14. The van der Waals surface area contributed by atoms with Crippen LogP contribution < -0.4 is 5.73 Å². The van der Waals surface area contributed by atoms with Gasteiger partial charge in [0.2, 0.25) is 0 Å². The Labute approximate surface area is 161 Å². The SMILES string of the molecule is Cc1cc(C(O)C#Cc2ccc3c(c2)-c2nc(C(N)=O)cn2C2CC3C2)no1. The van der Waals surface area contributed by atoms with E-state index >= 15 is 0 Å². The number of primary amides is 1. The van der Waals surface area contributed by atoms with Crippen LogP contribution in [0.15, 0.2) is 35.0 Å². The summed E-state index contributed by atoms with van der Waals surface area (Å²) in [6.45, 7) is 1.76. The molecule has 0 saturated heterocycles. The lowest BCUT2D eigenvalue weighted by atomic mass is 9.75. The highest BCUT2D eigenvalue weighted by Gasteiger charge is 2.38. The van der Waals surface area contributed by atoms with E-state index in [9.17, 15) is 9.90 Å². The molecule has 3 aliphatic rings. The summed E-state index contributed by atoms with van der Waals surface area (Å²) in [7, 11) is 0. The van der Waals surface area contributed by atoms with Crippen LogP contribution in [0.4, 0.5) is 0 Å². The molecule has 6 rings (SSSR count). The van der Waals surface area contributed by atoms with E-state index in [1.54, 1.807) is 19.2 Å². The zero-order valence-electron chi connectivity index (χ0n) is 15.2. The van der Waals surface area contributed by atoms with Crippen molar-refractivity contribution >= 4 is 5.91 Å². The molecule has 1 fully saturated rings. The van der Waals surface area contributed by atoms with Crippen molar-refractivity contribution in [1.82, 2.24) is 14.7 Å². The van der Waals surface area contributed by atoms with E-state index in [0.717, 1.165) is 29.8 Å². The Morgan fingerprint density at radius 3 is 2.93 bits per heavy atom. The zero-order chi connectivity index (χ0) is 19.4. The van der Waals surface area contributed by atoms with Crippen LogP contribution in [0, 0.1) is 18.8 Å². The molecular weight excluding hydrogens is 356 g/mol. The van der Waals surface area contributed by atoms with Crippen molar-refractivity contribution in [2.24, 2.45) is 5.73 Å². The fraction of sp³-hybridized carbons (Fsp3) is 0.286. The summed E-state index contributed by atoms with van der Waals surface area (Å²) >= 11 is 0. The molecule has 1 atom stereocenters. The number of nitrogens with zero attached hydrogens (tertiary/aromatic N) is 3. The predicted molar refractivity (Wildman–Crippen MR) is 100 cm³/mol. The molecule has 28 heavy (non-hydrogen) atoms. The third-order valence-corrected chi connectivity index (χ3v) is 5.50. The summed E-state index contributed by atoms with van der Waals surface area (Å²) in [5, 5.41) is 14.0. The van der Waals surface area contributed by atoms with Crippen molar-refractivity contribution in [3.8, 4) is 23.2 Å². The van der Waals surface area contributed by atoms with Crippen molar-refractivity contribution in [3.63, 3.8) is 0 Å². The Balaban J connectivity index is 1.54. The minimum atomic E-state index is -1.02. The van der Waals surface area contributed by atoms with Gasteiger partial charge in [0.15, 0.2) is 6.10 Å². The Bertz CT molecular complexity index is 1160. The number of rotatable bonds is 2. The predicted octanol–water partition coefficient (Wildman–Crippen LogP) is 2.46. The van der Waals surface area contributed by atoms with Crippen LogP contribution in [-0.2, 0) is 0 Å². The Morgan fingerprint density at radius 2 is 2.21 bits per heavy atom. The van der Waals surface area contributed by atoms with Gasteiger partial charge in [-0.3, -0.25) is 4.79 Å². The topological polar surface area (TPSA) is 107 Å². The van der Waals surface area contributed by atoms with Gasteiger partial charge in [-0.2, -0.15) is 0 Å². The first kappa shape index (κ1) is 16.8. The molecule has 7 heteroatoms. The van der Waals surface area contributed by atoms with E-state index in [1.165, 1.54) is 5.56 Å². The molecule has 2 aromatic heterocycles. The largest absolute Gasteiger partial charge is 0.374 e. The minimum absolute atomic E-state index is 0.277. The number of aryl methyl sites for hydroxylation is 1. The second-order valence-corrected chi connectivity index (χ2v) is 7.38. The second kappa shape index (κ2) is 6.08. The summed E-state index contributed by atoms with van der Waals surface area (Å²) in [6, 6.07) is 7.99. The van der Waals surface area contributed by atoms with Gasteiger partial charge in [0.1, 0.15) is 23.0 Å². The van der Waals surface area contributed by atoms with Crippen LogP contribution in [-0.4, -0.2) is 25.7 Å². The van der Waals surface area contributed by atoms with E-state index in [4.69, 9.17) is 10.3 Å². The number of aliphatic hydroxyl groups is 1. The van der Waals surface area contributed by atoms with Crippen LogP contribution in [0.2, 0.25) is 0 Å². The molecule has 3 aromatic rings. The highest BCUT2D eigenvalue weighted by Crippen LogP contribution is 2.51. The molecule has 7 nitrogen and oxygen atoms in total. The molecule has 0 radical (unpaired) electrons. The second-order valence-electron chi connectivity index (χ2n) is 7.38. The minimum Gasteiger partial charge on any atom is -0.374 e. The number of aliphatic hydroxyl groups excluding tert-OH is 1. The first-order chi connectivity index (χ1) is 13.5. The van der Waals surface area contributed by atoms with Crippen LogP contribution in [0.3, 0.4) is 0 Å². The Hall–Kier alpha value is -3.37. The molecule has 1 aromatic carbocycles. The number of aromatic nitrogens is 3. The molecule has 1 aliphatic carbocycles. The van der Waals surface area contributed by atoms with Gasteiger partial charge in [0.05, 0.1) is 0 Å². The summed E-state index contributed by atoms with van der Waals surface area (Å²) in [6.07, 6.45) is 2.79. The summed E-state index contributed by atoms with van der Waals surface area (Å²) in [5.41, 5.74) is 9.04. The number of amides is 1. The quantitative estimate of drug-likeness (QED) is 0.670. The summed E-state index contributed by atoms with van der Waals surface area (Å²) < 4.78 is 7.04. The highest BCUT2D eigenvalue weighted by molar-refractivity contribution is 5.91. The van der Waals surface area contributed by atoms with Crippen LogP contribution in [0.25, 0.3) is 11.4 Å². The maximum absolute atomic E-state index is 11.6. The van der Waals surface area contributed by atoms with Crippen molar-refractivity contribution in [2.75, 3.05) is 0 Å². The van der Waals surface area contributed by atoms with Crippen molar-refractivity contribution < 1.29 is 14.4 Å². The van der Waals surface area contributed by atoms with Crippen molar-refractivity contribution in [2.45, 2.75) is 37.8 Å². The Kier molecular flexibility index (Phi) is 3.64. The molecule has 1 unspecified atom stereocenters. The van der Waals surface area contributed by atoms with Gasteiger partial charge in [0.25, 0.3) is 5.91 Å². The lowest BCUT2D eigenvalue weighted by Gasteiger charge is -2.34. The van der Waals surface area contributed by atoms with Gasteiger partial charge in [-0.15, -0.1) is 0 Å². The van der Waals surface area contributed by atoms with Crippen LogP contribution >= 0.6 is 0 Å². The lowest BCUT2D eigenvalue weighted by Crippen LogP contribution is -2.22. The van der Waals surface area contributed by atoms with Gasteiger partial charge in [-0.25, -0.2) is 4.98 Å².